The first-order valence-electron chi connectivity index (χ1n) is 4.98. The zero-order chi connectivity index (χ0) is 12.8. The van der Waals surface area contributed by atoms with Crippen molar-refractivity contribution in [2.75, 3.05) is 6.61 Å². The minimum atomic E-state index is -0.602. The topological polar surface area (TPSA) is 87.0 Å². The maximum atomic E-state index is 11.5. The zero-order valence-corrected chi connectivity index (χ0v) is 9.22. The van der Waals surface area contributed by atoms with Crippen LogP contribution in [0.2, 0.25) is 0 Å². The highest BCUT2D eigenvalue weighted by molar-refractivity contribution is 5.90. The molecular weight excluding hydrogens is 224 g/mol. The van der Waals surface area contributed by atoms with Crippen molar-refractivity contribution in [1.82, 2.24) is 0 Å². The predicted molar refractivity (Wildman–Crippen MR) is 60.4 cm³/mol. The van der Waals surface area contributed by atoms with Crippen LogP contribution in [0.5, 0.6) is 5.75 Å². The van der Waals surface area contributed by atoms with Crippen LogP contribution in [-0.2, 0) is 18.0 Å². The minimum Gasteiger partial charge on any atom is -0.507 e. The standard InChI is InChI=1S/C12H14O5/c1-2-3-17-12(16)8-4-9(6-13)11(15)10(5-8)7-14/h2,4-5,13-15H,1,3,6-7H2. The zero-order valence-electron chi connectivity index (χ0n) is 9.22. The molecule has 0 saturated carbocycles. The van der Waals surface area contributed by atoms with Crippen LogP contribution in [0.3, 0.4) is 0 Å². The number of carbonyl (C=O) groups excluding carboxylic acids is 1. The van der Waals surface area contributed by atoms with Gasteiger partial charge in [-0.25, -0.2) is 4.79 Å². The average molecular weight is 238 g/mol. The van der Waals surface area contributed by atoms with Crippen LogP contribution in [0.4, 0.5) is 0 Å². The van der Waals surface area contributed by atoms with Crippen LogP contribution >= 0.6 is 0 Å². The fourth-order valence-corrected chi connectivity index (χ4v) is 1.34. The van der Waals surface area contributed by atoms with Crippen LogP contribution in [-0.4, -0.2) is 27.9 Å². The Kier molecular flexibility index (Phi) is 4.68. The Morgan fingerprint density at radius 1 is 1.29 bits per heavy atom. The number of aromatic hydroxyl groups is 1. The lowest BCUT2D eigenvalue weighted by molar-refractivity contribution is 0.0549. The van der Waals surface area contributed by atoms with E-state index >= 15 is 0 Å². The molecule has 0 heterocycles. The normalized spacial score (nSPS) is 10.0. The first kappa shape index (κ1) is 13.2. The average Bonchev–Trinajstić information content (AvgIpc) is 2.36. The van der Waals surface area contributed by atoms with E-state index in [0.29, 0.717) is 0 Å². The lowest BCUT2D eigenvalue weighted by Gasteiger charge is -2.09. The van der Waals surface area contributed by atoms with Crippen LogP contribution < -0.4 is 0 Å². The van der Waals surface area contributed by atoms with Gasteiger partial charge in [0.25, 0.3) is 0 Å². The molecule has 0 bridgehead atoms. The number of rotatable bonds is 5. The number of hydrogen-bond donors (Lipinski definition) is 3. The molecular formula is C12H14O5. The Morgan fingerprint density at radius 2 is 1.82 bits per heavy atom. The molecule has 0 aliphatic carbocycles. The number of aliphatic hydroxyl groups excluding tert-OH is 2. The van der Waals surface area contributed by atoms with Crippen LogP contribution in [0.25, 0.3) is 0 Å². The van der Waals surface area contributed by atoms with E-state index in [1.54, 1.807) is 0 Å². The lowest BCUT2D eigenvalue weighted by atomic mass is 10.0. The van der Waals surface area contributed by atoms with Gasteiger partial charge in [0.1, 0.15) is 12.4 Å². The lowest BCUT2D eigenvalue weighted by Crippen LogP contribution is -2.07. The summed E-state index contributed by atoms with van der Waals surface area (Å²) in [5.74, 6) is -0.815. The number of aliphatic hydroxyl groups is 2. The molecule has 0 amide bonds. The highest BCUT2D eigenvalue weighted by Gasteiger charge is 2.14. The van der Waals surface area contributed by atoms with Crippen LogP contribution in [0.1, 0.15) is 21.5 Å². The van der Waals surface area contributed by atoms with Gasteiger partial charge in [-0.15, -0.1) is 0 Å². The third kappa shape index (κ3) is 3.05. The summed E-state index contributed by atoms with van der Waals surface area (Å²) in [5, 5.41) is 27.6. The maximum Gasteiger partial charge on any atom is 0.338 e. The summed E-state index contributed by atoms with van der Waals surface area (Å²) in [4.78, 5) is 11.5. The Labute approximate surface area is 98.6 Å². The van der Waals surface area contributed by atoms with Gasteiger partial charge in [0.05, 0.1) is 18.8 Å². The molecule has 17 heavy (non-hydrogen) atoms. The first-order chi connectivity index (χ1) is 8.13. The Balaban J connectivity index is 3.08. The van der Waals surface area contributed by atoms with E-state index in [2.05, 4.69) is 6.58 Å². The van der Waals surface area contributed by atoms with Gasteiger partial charge in [-0.05, 0) is 12.1 Å². The number of esters is 1. The molecule has 3 N–H and O–H groups in total. The molecule has 0 radical (unpaired) electrons. The van der Waals surface area contributed by atoms with Gasteiger partial charge in [0, 0.05) is 11.1 Å². The molecule has 5 nitrogen and oxygen atoms in total. The van der Waals surface area contributed by atoms with Crippen molar-refractivity contribution in [1.29, 1.82) is 0 Å². The summed E-state index contributed by atoms with van der Waals surface area (Å²) < 4.78 is 4.81. The number of ether oxygens (including phenoxy) is 1. The van der Waals surface area contributed by atoms with Gasteiger partial charge in [0.2, 0.25) is 0 Å². The maximum absolute atomic E-state index is 11.5. The summed E-state index contributed by atoms with van der Waals surface area (Å²) in [6.45, 7) is 2.62. The summed E-state index contributed by atoms with van der Waals surface area (Å²) in [6.07, 6.45) is 1.43. The molecule has 0 atom stereocenters. The summed E-state index contributed by atoms with van der Waals surface area (Å²) >= 11 is 0. The monoisotopic (exact) mass is 238 g/mol. The second-order valence-electron chi connectivity index (χ2n) is 3.35. The quantitative estimate of drug-likeness (QED) is 0.519. The highest BCUT2D eigenvalue weighted by atomic mass is 16.5. The molecule has 0 spiro atoms. The third-order valence-corrected chi connectivity index (χ3v) is 2.18. The van der Waals surface area contributed by atoms with Crippen molar-refractivity contribution in [2.45, 2.75) is 13.2 Å². The number of hydrogen-bond acceptors (Lipinski definition) is 5. The second-order valence-corrected chi connectivity index (χ2v) is 3.35. The molecule has 0 unspecified atom stereocenters. The molecule has 0 aromatic heterocycles. The molecule has 5 heteroatoms. The molecule has 0 fully saturated rings. The van der Waals surface area contributed by atoms with Gasteiger partial charge < -0.3 is 20.1 Å². The van der Waals surface area contributed by atoms with Crippen molar-refractivity contribution < 1.29 is 24.9 Å². The van der Waals surface area contributed by atoms with E-state index in [1.807, 2.05) is 0 Å². The SMILES string of the molecule is C=CCOC(=O)c1cc(CO)c(O)c(CO)c1. The molecule has 0 saturated heterocycles. The second kappa shape index (κ2) is 6.03. The van der Waals surface area contributed by atoms with E-state index in [9.17, 15) is 9.90 Å². The molecule has 1 rings (SSSR count). The van der Waals surface area contributed by atoms with Crippen LogP contribution in [0, 0.1) is 0 Å². The van der Waals surface area contributed by atoms with Crippen molar-refractivity contribution in [3.8, 4) is 5.75 Å². The van der Waals surface area contributed by atoms with Gasteiger partial charge in [0.15, 0.2) is 0 Å². The summed E-state index contributed by atoms with van der Waals surface area (Å²) in [6, 6.07) is 2.64. The Morgan fingerprint density at radius 3 is 2.24 bits per heavy atom. The van der Waals surface area contributed by atoms with E-state index in [1.165, 1.54) is 18.2 Å². The van der Waals surface area contributed by atoms with Crippen molar-refractivity contribution in [3.63, 3.8) is 0 Å². The highest BCUT2D eigenvalue weighted by Crippen LogP contribution is 2.25. The fourth-order valence-electron chi connectivity index (χ4n) is 1.34. The number of benzene rings is 1. The summed E-state index contributed by atoms with van der Waals surface area (Å²) in [7, 11) is 0. The van der Waals surface area contributed by atoms with E-state index in [0.717, 1.165) is 0 Å². The molecule has 92 valence electrons. The third-order valence-electron chi connectivity index (χ3n) is 2.18. The van der Waals surface area contributed by atoms with Crippen LogP contribution in [0.15, 0.2) is 24.8 Å². The smallest absolute Gasteiger partial charge is 0.338 e. The summed E-state index contributed by atoms with van der Waals surface area (Å²) in [5.41, 5.74) is 0.502. The molecule has 1 aromatic rings. The number of phenols is 1. The Hall–Kier alpha value is -1.85. The number of carbonyl (C=O) groups is 1. The van der Waals surface area contributed by atoms with Gasteiger partial charge in [-0.2, -0.15) is 0 Å². The Bertz CT molecular complexity index is 400. The molecule has 1 aromatic carbocycles. The van der Waals surface area contributed by atoms with Crippen molar-refractivity contribution >= 4 is 5.97 Å². The molecule has 0 aliphatic heterocycles. The van der Waals surface area contributed by atoms with Gasteiger partial charge >= 0.3 is 5.97 Å². The molecule has 0 aliphatic rings. The largest absolute Gasteiger partial charge is 0.507 e. The minimum absolute atomic E-state index is 0.0721. The van der Waals surface area contributed by atoms with E-state index in [-0.39, 0.29) is 29.0 Å². The van der Waals surface area contributed by atoms with Crippen molar-refractivity contribution in [2.24, 2.45) is 0 Å². The first-order valence-corrected chi connectivity index (χ1v) is 4.98. The predicted octanol–water partition coefficient (Wildman–Crippen LogP) is 0.720. The van der Waals surface area contributed by atoms with Gasteiger partial charge in [-0.1, -0.05) is 12.7 Å². The van der Waals surface area contributed by atoms with Gasteiger partial charge in [-0.3, -0.25) is 0 Å². The van der Waals surface area contributed by atoms with Crippen molar-refractivity contribution in [3.05, 3.63) is 41.5 Å². The fraction of sp³-hybridized carbons (Fsp3) is 0.250. The van der Waals surface area contributed by atoms with E-state index in [4.69, 9.17) is 14.9 Å². The van der Waals surface area contributed by atoms with E-state index < -0.39 is 19.2 Å².